The Morgan fingerprint density at radius 2 is 1.90 bits per heavy atom. The van der Waals surface area contributed by atoms with Gasteiger partial charge in [-0.2, -0.15) is 0 Å². The molecular weight excluding hydrogens is 262 g/mol. The van der Waals surface area contributed by atoms with Crippen LogP contribution in [0.25, 0.3) is 0 Å². The molecule has 0 saturated heterocycles. The summed E-state index contributed by atoms with van der Waals surface area (Å²) in [5, 5.41) is 13.3. The predicted molar refractivity (Wildman–Crippen MR) is 83.9 cm³/mol. The van der Waals surface area contributed by atoms with Crippen LogP contribution >= 0.6 is 0 Å². The fourth-order valence-electron chi connectivity index (χ4n) is 2.85. The summed E-state index contributed by atoms with van der Waals surface area (Å²) < 4.78 is 5.68. The molecule has 0 aromatic heterocycles. The summed E-state index contributed by atoms with van der Waals surface area (Å²) in [4.78, 5) is 0. The number of ether oxygens (including phenoxy) is 1. The Morgan fingerprint density at radius 1 is 1.14 bits per heavy atom. The van der Waals surface area contributed by atoms with E-state index in [1.54, 1.807) is 6.07 Å². The molecule has 1 heterocycles. The maximum absolute atomic E-state index is 9.75. The molecule has 0 spiro atoms. The maximum atomic E-state index is 9.75. The Labute approximate surface area is 125 Å². The van der Waals surface area contributed by atoms with Crippen LogP contribution in [0, 0.1) is 0 Å². The molecule has 0 radical (unpaired) electrons. The van der Waals surface area contributed by atoms with Gasteiger partial charge in [-0.05, 0) is 61.2 Å². The van der Waals surface area contributed by atoms with Crippen molar-refractivity contribution in [3.8, 4) is 11.5 Å². The van der Waals surface area contributed by atoms with Crippen molar-refractivity contribution in [3.63, 3.8) is 0 Å². The summed E-state index contributed by atoms with van der Waals surface area (Å²) in [5.41, 5.74) is 3.66. The molecule has 3 nitrogen and oxygen atoms in total. The Hall–Kier alpha value is -2.00. The standard InChI is InChI=1S/C18H21NO2/c1-12(2)21-16-7-4-14(5-8-16)18-17-11-15(20)6-3-13(17)9-10-19-18/h3-8,11-12,18-20H,9-10H2,1-2H3. The van der Waals surface area contributed by atoms with Crippen LogP contribution in [-0.4, -0.2) is 17.8 Å². The van der Waals surface area contributed by atoms with E-state index in [1.165, 1.54) is 16.7 Å². The van der Waals surface area contributed by atoms with Gasteiger partial charge in [0.2, 0.25) is 0 Å². The van der Waals surface area contributed by atoms with Crippen LogP contribution in [0.5, 0.6) is 11.5 Å². The Morgan fingerprint density at radius 3 is 2.62 bits per heavy atom. The molecule has 0 amide bonds. The molecular formula is C18H21NO2. The Balaban J connectivity index is 1.90. The quantitative estimate of drug-likeness (QED) is 0.907. The summed E-state index contributed by atoms with van der Waals surface area (Å²) in [7, 11) is 0. The van der Waals surface area contributed by atoms with E-state index in [2.05, 4.69) is 17.4 Å². The SMILES string of the molecule is CC(C)Oc1ccc(C2NCCc3ccc(O)cc32)cc1. The van der Waals surface area contributed by atoms with Gasteiger partial charge in [-0.3, -0.25) is 0 Å². The van der Waals surface area contributed by atoms with Crippen LogP contribution in [-0.2, 0) is 6.42 Å². The molecule has 1 atom stereocenters. The lowest BCUT2D eigenvalue weighted by Gasteiger charge is -2.27. The van der Waals surface area contributed by atoms with Gasteiger partial charge in [0, 0.05) is 6.54 Å². The van der Waals surface area contributed by atoms with E-state index < -0.39 is 0 Å². The summed E-state index contributed by atoms with van der Waals surface area (Å²) >= 11 is 0. The van der Waals surface area contributed by atoms with Crippen molar-refractivity contribution < 1.29 is 9.84 Å². The number of nitrogens with one attached hydrogen (secondary N) is 1. The van der Waals surface area contributed by atoms with Gasteiger partial charge >= 0.3 is 0 Å². The zero-order valence-electron chi connectivity index (χ0n) is 12.5. The second kappa shape index (κ2) is 5.78. The van der Waals surface area contributed by atoms with Gasteiger partial charge in [0.05, 0.1) is 12.1 Å². The molecule has 1 aliphatic rings. The lowest BCUT2D eigenvalue weighted by molar-refractivity contribution is 0.242. The highest BCUT2D eigenvalue weighted by atomic mass is 16.5. The molecule has 0 saturated carbocycles. The number of hydrogen-bond donors (Lipinski definition) is 2. The van der Waals surface area contributed by atoms with Crippen LogP contribution in [0.1, 0.15) is 36.6 Å². The van der Waals surface area contributed by atoms with Crippen LogP contribution < -0.4 is 10.1 Å². The first-order valence-corrected chi connectivity index (χ1v) is 7.45. The molecule has 3 rings (SSSR count). The third kappa shape index (κ3) is 3.03. The highest BCUT2D eigenvalue weighted by molar-refractivity contribution is 5.44. The van der Waals surface area contributed by atoms with Gasteiger partial charge in [0.25, 0.3) is 0 Å². The molecule has 2 aromatic carbocycles. The monoisotopic (exact) mass is 283 g/mol. The minimum absolute atomic E-state index is 0.133. The van der Waals surface area contributed by atoms with Gasteiger partial charge in [0.1, 0.15) is 11.5 Å². The van der Waals surface area contributed by atoms with Gasteiger partial charge in [-0.15, -0.1) is 0 Å². The van der Waals surface area contributed by atoms with E-state index in [0.29, 0.717) is 5.75 Å². The topological polar surface area (TPSA) is 41.5 Å². The molecule has 2 aromatic rings. The van der Waals surface area contributed by atoms with Crippen LogP contribution in [0.3, 0.4) is 0 Å². The first-order valence-electron chi connectivity index (χ1n) is 7.45. The molecule has 3 heteroatoms. The van der Waals surface area contributed by atoms with Crippen molar-refractivity contribution in [1.82, 2.24) is 5.32 Å². The smallest absolute Gasteiger partial charge is 0.119 e. The molecule has 1 aliphatic heterocycles. The number of aromatic hydroxyl groups is 1. The molecule has 110 valence electrons. The lowest BCUT2D eigenvalue weighted by Crippen LogP contribution is -2.30. The Bertz CT molecular complexity index is 620. The van der Waals surface area contributed by atoms with Crippen molar-refractivity contribution in [2.24, 2.45) is 0 Å². The average molecular weight is 283 g/mol. The highest BCUT2D eigenvalue weighted by Gasteiger charge is 2.21. The van der Waals surface area contributed by atoms with Crippen LogP contribution in [0.15, 0.2) is 42.5 Å². The summed E-state index contributed by atoms with van der Waals surface area (Å²) in [6.07, 6.45) is 1.18. The van der Waals surface area contributed by atoms with Crippen molar-refractivity contribution >= 4 is 0 Å². The normalized spacial score (nSPS) is 17.6. The molecule has 0 aliphatic carbocycles. The number of benzene rings is 2. The fourth-order valence-corrected chi connectivity index (χ4v) is 2.85. The third-order valence-corrected chi connectivity index (χ3v) is 3.77. The number of rotatable bonds is 3. The van der Waals surface area contributed by atoms with E-state index in [0.717, 1.165) is 18.7 Å². The van der Waals surface area contributed by atoms with E-state index in [4.69, 9.17) is 4.74 Å². The number of phenols is 1. The molecule has 21 heavy (non-hydrogen) atoms. The number of phenolic OH excluding ortho intramolecular Hbond substituents is 1. The molecule has 0 fully saturated rings. The zero-order valence-corrected chi connectivity index (χ0v) is 12.5. The molecule has 1 unspecified atom stereocenters. The first kappa shape index (κ1) is 14.0. The second-order valence-electron chi connectivity index (χ2n) is 5.76. The summed E-state index contributed by atoms with van der Waals surface area (Å²) in [5.74, 6) is 1.21. The van der Waals surface area contributed by atoms with Crippen molar-refractivity contribution in [1.29, 1.82) is 0 Å². The number of hydrogen-bond acceptors (Lipinski definition) is 3. The highest BCUT2D eigenvalue weighted by Crippen LogP contribution is 2.32. The first-order chi connectivity index (χ1) is 10.1. The second-order valence-corrected chi connectivity index (χ2v) is 5.76. The third-order valence-electron chi connectivity index (χ3n) is 3.77. The van der Waals surface area contributed by atoms with Crippen molar-refractivity contribution in [2.75, 3.05) is 6.54 Å². The average Bonchev–Trinajstić information content (AvgIpc) is 2.47. The Kier molecular flexibility index (Phi) is 3.84. The predicted octanol–water partition coefficient (Wildman–Crippen LogP) is 3.41. The van der Waals surface area contributed by atoms with Gasteiger partial charge in [0.15, 0.2) is 0 Å². The zero-order chi connectivity index (χ0) is 14.8. The maximum Gasteiger partial charge on any atom is 0.119 e. The molecule has 0 bridgehead atoms. The van der Waals surface area contributed by atoms with Crippen molar-refractivity contribution in [2.45, 2.75) is 32.4 Å². The summed E-state index contributed by atoms with van der Waals surface area (Å²) in [6.45, 7) is 5.00. The van der Waals surface area contributed by atoms with Crippen LogP contribution in [0.4, 0.5) is 0 Å². The van der Waals surface area contributed by atoms with E-state index in [9.17, 15) is 5.11 Å². The van der Waals surface area contributed by atoms with Crippen LogP contribution in [0.2, 0.25) is 0 Å². The van der Waals surface area contributed by atoms with Gasteiger partial charge in [-0.25, -0.2) is 0 Å². The van der Waals surface area contributed by atoms with E-state index in [1.807, 2.05) is 38.1 Å². The lowest BCUT2D eigenvalue weighted by atomic mass is 9.90. The van der Waals surface area contributed by atoms with E-state index >= 15 is 0 Å². The largest absolute Gasteiger partial charge is 0.508 e. The number of fused-ring (bicyclic) bond motifs is 1. The van der Waals surface area contributed by atoms with E-state index in [-0.39, 0.29) is 12.1 Å². The fraction of sp³-hybridized carbons (Fsp3) is 0.333. The molecule has 2 N–H and O–H groups in total. The van der Waals surface area contributed by atoms with Crippen molar-refractivity contribution in [3.05, 3.63) is 59.2 Å². The summed E-state index contributed by atoms with van der Waals surface area (Å²) in [6, 6.07) is 14.0. The minimum Gasteiger partial charge on any atom is -0.508 e. The van der Waals surface area contributed by atoms with Gasteiger partial charge in [-0.1, -0.05) is 18.2 Å². The van der Waals surface area contributed by atoms with Gasteiger partial charge < -0.3 is 15.2 Å². The minimum atomic E-state index is 0.133.